The summed E-state index contributed by atoms with van der Waals surface area (Å²) >= 11 is 0. The second-order valence-corrected chi connectivity index (χ2v) is 10.6. The smallest absolute Gasteiger partial charge is 0.280 e. The van der Waals surface area contributed by atoms with Gasteiger partial charge in [0.1, 0.15) is 5.82 Å². The van der Waals surface area contributed by atoms with Gasteiger partial charge in [-0.3, -0.25) is 9.36 Å². The Kier molecular flexibility index (Phi) is 6.75. The van der Waals surface area contributed by atoms with Crippen LogP contribution in [-0.4, -0.2) is 36.4 Å². The Labute approximate surface area is 227 Å². The molecule has 198 valence electrons. The Morgan fingerprint density at radius 1 is 0.846 bits per heavy atom. The zero-order valence-electron chi connectivity index (χ0n) is 22.2. The number of rotatable bonds is 8. The van der Waals surface area contributed by atoms with E-state index in [-0.39, 0.29) is 12.2 Å². The summed E-state index contributed by atoms with van der Waals surface area (Å²) < 4.78 is 3.56. The number of anilines is 1. The molecule has 0 amide bonds. The molecule has 0 unspecified atom stereocenters. The third kappa shape index (κ3) is 4.98. The Morgan fingerprint density at radius 3 is 2.15 bits per heavy atom. The van der Waals surface area contributed by atoms with E-state index in [1.165, 1.54) is 5.56 Å². The van der Waals surface area contributed by atoms with Gasteiger partial charge < -0.3 is 15.0 Å². The van der Waals surface area contributed by atoms with Gasteiger partial charge in [0, 0.05) is 20.0 Å². The molecule has 2 N–H and O–H groups in total. The van der Waals surface area contributed by atoms with E-state index in [1.807, 2.05) is 41.0 Å². The predicted molar refractivity (Wildman–Crippen MR) is 155 cm³/mol. The maximum absolute atomic E-state index is 13.8. The van der Waals surface area contributed by atoms with Crippen molar-refractivity contribution in [1.82, 2.24) is 19.1 Å². The summed E-state index contributed by atoms with van der Waals surface area (Å²) in [5.41, 5.74) is 4.87. The van der Waals surface area contributed by atoms with Gasteiger partial charge in [-0.15, -0.1) is 0 Å². The number of benzene rings is 3. The molecule has 0 bridgehead atoms. The molecule has 0 spiro atoms. The van der Waals surface area contributed by atoms with Crippen LogP contribution in [-0.2, 0) is 20.0 Å². The van der Waals surface area contributed by atoms with Crippen LogP contribution in [0.2, 0.25) is 0 Å². The highest BCUT2D eigenvalue weighted by molar-refractivity contribution is 5.73. The van der Waals surface area contributed by atoms with Crippen LogP contribution in [0.1, 0.15) is 42.6 Å². The van der Waals surface area contributed by atoms with Crippen LogP contribution in [0.3, 0.4) is 0 Å². The molecule has 3 aromatic carbocycles. The maximum atomic E-state index is 13.8. The van der Waals surface area contributed by atoms with Crippen LogP contribution >= 0.6 is 0 Å². The summed E-state index contributed by atoms with van der Waals surface area (Å²) in [4.78, 5) is 23.5. The SMILES string of the molecule is Cn1c(NC2(CO)CCCC2)nc2nc(Cc3ccc(-c4ccccc4)cc3)n(Cc3ccccc3)c2c1=O. The molecule has 0 aliphatic heterocycles. The summed E-state index contributed by atoms with van der Waals surface area (Å²) in [5, 5.41) is 13.5. The minimum absolute atomic E-state index is 0.00752. The lowest BCUT2D eigenvalue weighted by molar-refractivity contribution is 0.213. The lowest BCUT2D eigenvalue weighted by atomic mass is 9.99. The zero-order valence-corrected chi connectivity index (χ0v) is 22.2. The Bertz CT molecular complexity index is 1630. The quantitative estimate of drug-likeness (QED) is 0.296. The van der Waals surface area contributed by atoms with Crippen LogP contribution in [0, 0.1) is 0 Å². The second-order valence-electron chi connectivity index (χ2n) is 10.6. The van der Waals surface area contributed by atoms with Crippen molar-refractivity contribution in [3.8, 4) is 11.1 Å². The van der Waals surface area contributed by atoms with Gasteiger partial charge in [0.05, 0.1) is 12.1 Å². The average Bonchev–Trinajstić information content (AvgIpc) is 3.58. The van der Waals surface area contributed by atoms with Gasteiger partial charge in [0.2, 0.25) is 5.95 Å². The Hall–Kier alpha value is -4.23. The fraction of sp³-hybridized carbons (Fsp3) is 0.281. The number of imidazole rings is 1. The highest BCUT2D eigenvalue weighted by Crippen LogP contribution is 2.32. The number of aliphatic hydroxyl groups excluding tert-OH is 1. The molecule has 0 radical (unpaired) electrons. The summed E-state index contributed by atoms with van der Waals surface area (Å²) in [5.74, 6) is 1.24. The predicted octanol–water partition coefficient (Wildman–Crippen LogP) is 5.15. The van der Waals surface area contributed by atoms with Gasteiger partial charge in [-0.05, 0) is 35.1 Å². The standard InChI is InChI=1S/C32H33N5O2/c1-36-30(39)28-29(34-31(36)35-32(22-38)18-8-9-19-32)33-27(37(28)21-24-10-4-2-5-11-24)20-23-14-16-26(17-15-23)25-12-6-3-7-13-25/h2-7,10-17,38H,8-9,18-22H2,1H3,(H,34,35). The third-order valence-corrected chi connectivity index (χ3v) is 7.91. The fourth-order valence-corrected chi connectivity index (χ4v) is 5.63. The molecule has 2 heterocycles. The van der Waals surface area contributed by atoms with Crippen molar-refractivity contribution in [1.29, 1.82) is 0 Å². The van der Waals surface area contributed by atoms with E-state index >= 15 is 0 Å². The molecule has 1 fully saturated rings. The van der Waals surface area contributed by atoms with E-state index in [0.717, 1.165) is 48.2 Å². The number of hydrogen-bond acceptors (Lipinski definition) is 5. The van der Waals surface area contributed by atoms with E-state index in [4.69, 9.17) is 9.97 Å². The third-order valence-electron chi connectivity index (χ3n) is 7.91. The molecular formula is C32H33N5O2. The summed E-state index contributed by atoms with van der Waals surface area (Å²) in [6.45, 7) is 0.534. The van der Waals surface area contributed by atoms with Crippen molar-refractivity contribution in [2.24, 2.45) is 7.05 Å². The minimum Gasteiger partial charge on any atom is -0.394 e. The monoisotopic (exact) mass is 519 g/mol. The lowest BCUT2D eigenvalue weighted by Crippen LogP contribution is -2.41. The number of nitrogens with one attached hydrogen (secondary N) is 1. The molecule has 39 heavy (non-hydrogen) atoms. The van der Waals surface area contributed by atoms with Gasteiger partial charge in [-0.2, -0.15) is 4.98 Å². The molecule has 7 heteroatoms. The van der Waals surface area contributed by atoms with Crippen LogP contribution in [0.5, 0.6) is 0 Å². The van der Waals surface area contributed by atoms with E-state index in [2.05, 4.69) is 53.8 Å². The van der Waals surface area contributed by atoms with Crippen molar-refractivity contribution in [3.63, 3.8) is 0 Å². The van der Waals surface area contributed by atoms with E-state index in [1.54, 1.807) is 11.6 Å². The van der Waals surface area contributed by atoms with Crippen molar-refractivity contribution in [2.45, 2.75) is 44.2 Å². The Morgan fingerprint density at radius 2 is 1.49 bits per heavy atom. The molecule has 1 aliphatic rings. The molecule has 0 atom stereocenters. The van der Waals surface area contributed by atoms with Gasteiger partial charge >= 0.3 is 0 Å². The molecule has 6 rings (SSSR count). The first-order valence-electron chi connectivity index (χ1n) is 13.6. The van der Waals surface area contributed by atoms with Crippen molar-refractivity contribution >= 4 is 17.1 Å². The molecule has 1 saturated carbocycles. The first kappa shape index (κ1) is 25.1. The molecule has 5 aromatic rings. The minimum atomic E-state index is -0.444. The van der Waals surface area contributed by atoms with E-state index in [0.29, 0.717) is 30.1 Å². The van der Waals surface area contributed by atoms with Gasteiger partial charge in [0.25, 0.3) is 5.56 Å². The second kappa shape index (κ2) is 10.5. The average molecular weight is 520 g/mol. The van der Waals surface area contributed by atoms with Crippen LogP contribution in [0.15, 0.2) is 89.7 Å². The zero-order chi connectivity index (χ0) is 26.8. The highest BCUT2D eigenvalue weighted by Gasteiger charge is 2.34. The normalized spacial score (nSPS) is 14.6. The van der Waals surface area contributed by atoms with Crippen LogP contribution in [0.4, 0.5) is 5.95 Å². The highest BCUT2D eigenvalue weighted by atomic mass is 16.3. The summed E-state index contributed by atoms with van der Waals surface area (Å²) in [7, 11) is 1.74. The largest absolute Gasteiger partial charge is 0.394 e. The molecule has 0 saturated heterocycles. The maximum Gasteiger partial charge on any atom is 0.280 e. The first-order chi connectivity index (χ1) is 19.0. The molecule has 1 aliphatic carbocycles. The topological polar surface area (TPSA) is 85.0 Å². The molecule has 7 nitrogen and oxygen atoms in total. The number of aromatic nitrogens is 4. The van der Waals surface area contributed by atoms with Crippen molar-refractivity contribution in [2.75, 3.05) is 11.9 Å². The van der Waals surface area contributed by atoms with E-state index < -0.39 is 5.54 Å². The summed E-state index contributed by atoms with van der Waals surface area (Å²) in [6, 6.07) is 28.9. The first-order valence-corrected chi connectivity index (χ1v) is 13.6. The van der Waals surface area contributed by atoms with Gasteiger partial charge in [-0.1, -0.05) is 97.8 Å². The van der Waals surface area contributed by atoms with Crippen LogP contribution in [0.25, 0.3) is 22.3 Å². The number of aliphatic hydroxyl groups is 1. The number of nitrogens with zero attached hydrogens (tertiary/aromatic N) is 4. The number of fused-ring (bicyclic) bond motifs is 1. The molecule has 2 aromatic heterocycles. The van der Waals surface area contributed by atoms with Crippen LogP contribution < -0.4 is 10.9 Å². The summed E-state index contributed by atoms with van der Waals surface area (Å²) in [6.07, 6.45) is 4.37. The fourth-order valence-electron chi connectivity index (χ4n) is 5.63. The lowest BCUT2D eigenvalue weighted by Gasteiger charge is -2.29. The van der Waals surface area contributed by atoms with Crippen molar-refractivity contribution < 1.29 is 5.11 Å². The number of hydrogen-bond donors (Lipinski definition) is 2. The van der Waals surface area contributed by atoms with Gasteiger partial charge in [0.15, 0.2) is 11.2 Å². The van der Waals surface area contributed by atoms with Crippen molar-refractivity contribution in [3.05, 3.63) is 112 Å². The van der Waals surface area contributed by atoms with Gasteiger partial charge in [-0.25, -0.2) is 4.98 Å². The molecular weight excluding hydrogens is 486 g/mol. The van der Waals surface area contributed by atoms with E-state index in [9.17, 15) is 9.90 Å². The Balaban J connectivity index is 1.40.